The standard InChI is InChI=1S/C18H16BrN3OS/c1-22(2)15-8-6-12(7-9-15)10-16-17(23)21-18(24-16)20-14-5-3-4-13(19)11-14/h3-11H,1-2H3,(H,20,21,23)/b16-10-. The molecule has 0 spiro atoms. The van der Waals surface area contributed by atoms with Crippen molar-refractivity contribution in [2.75, 3.05) is 19.0 Å². The molecule has 0 aromatic heterocycles. The van der Waals surface area contributed by atoms with E-state index in [-0.39, 0.29) is 5.91 Å². The van der Waals surface area contributed by atoms with Crippen LogP contribution in [0.5, 0.6) is 0 Å². The molecule has 1 N–H and O–H groups in total. The Bertz CT molecular complexity index is 828. The molecule has 3 rings (SSSR count). The van der Waals surface area contributed by atoms with Crippen LogP contribution in [0.4, 0.5) is 11.4 Å². The van der Waals surface area contributed by atoms with Crippen LogP contribution in [-0.2, 0) is 4.79 Å². The SMILES string of the molecule is CN(C)c1ccc(/C=C2\SC(=Nc3cccc(Br)c3)NC2=O)cc1. The second-order valence-corrected chi connectivity index (χ2v) is 7.39. The van der Waals surface area contributed by atoms with Crippen molar-refractivity contribution < 1.29 is 4.79 Å². The highest BCUT2D eigenvalue weighted by atomic mass is 79.9. The highest BCUT2D eigenvalue weighted by molar-refractivity contribution is 9.10. The smallest absolute Gasteiger partial charge is 0.264 e. The summed E-state index contributed by atoms with van der Waals surface area (Å²) in [5.41, 5.74) is 2.91. The molecule has 0 bridgehead atoms. The molecular weight excluding hydrogens is 386 g/mol. The van der Waals surface area contributed by atoms with Gasteiger partial charge in [-0.25, -0.2) is 4.99 Å². The molecule has 1 heterocycles. The molecule has 122 valence electrons. The van der Waals surface area contributed by atoms with Gasteiger partial charge in [-0.3, -0.25) is 4.79 Å². The van der Waals surface area contributed by atoms with Gasteiger partial charge in [0.05, 0.1) is 10.6 Å². The topological polar surface area (TPSA) is 44.7 Å². The second kappa shape index (κ2) is 7.23. The molecule has 1 aliphatic rings. The number of benzene rings is 2. The molecule has 0 saturated carbocycles. The van der Waals surface area contributed by atoms with Crippen LogP contribution >= 0.6 is 27.7 Å². The average Bonchev–Trinajstić information content (AvgIpc) is 2.87. The molecule has 0 radical (unpaired) electrons. The summed E-state index contributed by atoms with van der Waals surface area (Å²) in [6.07, 6.45) is 1.88. The number of rotatable bonds is 3. The fourth-order valence-corrected chi connectivity index (χ4v) is 3.39. The van der Waals surface area contributed by atoms with E-state index in [4.69, 9.17) is 0 Å². The maximum atomic E-state index is 12.1. The van der Waals surface area contributed by atoms with Gasteiger partial charge in [0, 0.05) is 24.3 Å². The average molecular weight is 402 g/mol. The minimum absolute atomic E-state index is 0.120. The first-order valence-corrected chi connectivity index (χ1v) is 8.95. The van der Waals surface area contributed by atoms with Crippen molar-refractivity contribution in [2.45, 2.75) is 0 Å². The van der Waals surface area contributed by atoms with E-state index >= 15 is 0 Å². The monoisotopic (exact) mass is 401 g/mol. The van der Waals surface area contributed by atoms with Crippen LogP contribution in [0.3, 0.4) is 0 Å². The van der Waals surface area contributed by atoms with E-state index in [1.165, 1.54) is 11.8 Å². The first-order valence-electron chi connectivity index (χ1n) is 7.34. The lowest BCUT2D eigenvalue weighted by atomic mass is 10.2. The third kappa shape index (κ3) is 4.07. The predicted octanol–water partition coefficient (Wildman–Crippen LogP) is 4.41. The number of carbonyl (C=O) groups is 1. The summed E-state index contributed by atoms with van der Waals surface area (Å²) >= 11 is 4.77. The van der Waals surface area contributed by atoms with E-state index in [0.29, 0.717) is 10.1 Å². The molecule has 4 nitrogen and oxygen atoms in total. The first-order chi connectivity index (χ1) is 11.5. The Hall–Kier alpha value is -2.05. The molecule has 1 aliphatic heterocycles. The lowest BCUT2D eigenvalue weighted by molar-refractivity contribution is -0.115. The molecule has 2 aromatic rings. The van der Waals surface area contributed by atoms with Crippen molar-refractivity contribution in [1.29, 1.82) is 0 Å². The van der Waals surface area contributed by atoms with Crippen LogP contribution in [-0.4, -0.2) is 25.2 Å². The normalized spacial score (nSPS) is 17.4. The van der Waals surface area contributed by atoms with Crippen LogP contribution in [0.25, 0.3) is 6.08 Å². The van der Waals surface area contributed by atoms with Gasteiger partial charge in [0.15, 0.2) is 5.17 Å². The van der Waals surface area contributed by atoms with E-state index in [2.05, 4.69) is 26.2 Å². The van der Waals surface area contributed by atoms with Gasteiger partial charge >= 0.3 is 0 Å². The number of nitrogens with zero attached hydrogens (tertiary/aromatic N) is 2. The van der Waals surface area contributed by atoms with Crippen LogP contribution in [0.2, 0.25) is 0 Å². The van der Waals surface area contributed by atoms with Crippen LogP contribution in [0.1, 0.15) is 5.56 Å². The quantitative estimate of drug-likeness (QED) is 0.774. The van der Waals surface area contributed by atoms with Gasteiger partial charge in [0.25, 0.3) is 5.91 Å². The van der Waals surface area contributed by atoms with Crippen molar-refractivity contribution in [1.82, 2.24) is 5.32 Å². The molecule has 1 saturated heterocycles. The molecule has 0 atom stereocenters. The van der Waals surface area contributed by atoms with Gasteiger partial charge in [-0.15, -0.1) is 0 Å². The number of aliphatic imine (C=N–C) groups is 1. The molecule has 0 aliphatic carbocycles. The zero-order chi connectivity index (χ0) is 17.1. The zero-order valence-corrected chi connectivity index (χ0v) is 15.7. The van der Waals surface area contributed by atoms with Crippen LogP contribution < -0.4 is 10.2 Å². The van der Waals surface area contributed by atoms with Crippen LogP contribution in [0.15, 0.2) is 62.9 Å². The number of hydrogen-bond acceptors (Lipinski definition) is 4. The Morgan fingerprint density at radius 1 is 1.17 bits per heavy atom. The molecule has 2 aromatic carbocycles. The summed E-state index contributed by atoms with van der Waals surface area (Å²) in [5.74, 6) is -0.120. The minimum atomic E-state index is -0.120. The Labute approximate surface area is 153 Å². The van der Waals surface area contributed by atoms with Crippen molar-refractivity contribution in [3.8, 4) is 0 Å². The van der Waals surface area contributed by atoms with Crippen molar-refractivity contribution in [3.05, 3.63) is 63.5 Å². The third-order valence-electron chi connectivity index (χ3n) is 3.40. The number of amides is 1. The van der Waals surface area contributed by atoms with Crippen molar-refractivity contribution >= 4 is 56.2 Å². The van der Waals surface area contributed by atoms with Gasteiger partial charge < -0.3 is 10.2 Å². The number of halogens is 1. The Kier molecular flexibility index (Phi) is 5.06. The number of anilines is 1. The maximum Gasteiger partial charge on any atom is 0.264 e. The lowest BCUT2D eigenvalue weighted by Crippen LogP contribution is -2.19. The Morgan fingerprint density at radius 2 is 1.92 bits per heavy atom. The number of hydrogen-bond donors (Lipinski definition) is 1. The molecule has 1 amide bonds. The van der Waals surface area contributed by atoms with Gasteiger partial charge in [0.1, 0.15) is 0 Å². The Morgan fingerprint density at radius 3 is 2.58 bits per heavy atom. The second-order valence-electron chi connectivity index (χ2n) is 5.45. The lowest BCUT2D eigenvalue weighted by Gasteiger charge is -2.11. The summed E-state index contributed by atoms with van der Waals surface area (Å²) in [7, 11) is 4.00. The van der Waals surface area contributed by atoms with E-state index in [1.807, 2.05) is 73.6 Å². The fourth-order valence-electron chi connectivity index (χ4n) is 2.16. The van der Waals surface area contributed by atoms with Crippen LogP contribution in [0, 0.1) is 0 Å². The van der Waals surface area contributed by atoms with Crippen molar-refractivity contribution in [2.24, 2.45) is 4.99 Å². The van der Waals surface area contributed by atoms with E-state index in [9.17, 15) is 4.79 Å². The number of nitrogens with one attached hydrogen (secondary N) is 1. The molecule has 0 unspecified atom stereocenters. The third-order valence-corrected chi connectivity index (χ3v) is 4.80. The zero-order valence-electron chi connectivity index (χ0n) is 13.3. The van der Waals surface area contributed by atoms with E-state index in [1.54, 1.807) is 0 Å². The summed E-state index contributed by atoms with van der Waals surface area (Å²) in [6.45, 7) is 0. The maximum absolute atomic E-state index is 12.1. The fraction of sp³-hybridized carbons (Fsp3) is 0.111. The van der Waals surface area contributed by atoms with Crippen molar-refractivity contribution in [3.63, 3.8) is 0 Å². The highest BCUT2D eigenvalue weighted by Gasteiger charge is 2.23. The molecular formula is C18H16BrN3OS. The Balaban J connectivity index is 1.79. The van der Waals surface area contributed by atoms with Gasteiger partial charge in [-0.05, 0) is 53.7 Å². The summed E-state index contributed by atoms with van der Waals surface area (Å²) in [5, 5.41) is 3.40. The van der Waals surface area contributed by atoms with Gasteiger partial charge in [0.2, 0.25) is 0 Å². The predicted molar refractivity (Wildman–Crippen MR) is 106 cm³/mol. The van der Waals surface area contributed by atoms with E-state index in [0.717, 1.165) is 21.4 Å². The summed E-state index contributed by atoms with van der Waals surface area (Å²) in [6, 6.07) is 15.7. The summed E-state index contributed by atoms with van der Waals surface area (Å²) < 4.78 is 0.954. The highest BCUT2D eigenvalue weighted by Crippen LogP contribution is 2.29. The molecule has 24 heavy (non-hydrogen) atoms. The largest absolute Gasteiger partial charge is 0.378 e. The first kappa shape index (κ1) is 16.8. The molecule has 6 heteroatoms. The van der Waals surface area contributed by atoms with Gasteiger partial charge in [-0.2, -0.15) is 0 Å². The molecule has 1 fully saturated rings. The van der Waals surface area contributed by atoms with Gasteiger partial charge in [-0.1, -0.05) is 34.1 Å². The number of thioether (sulfide) groups is 1. The number of amidine groups is 1. The minimum Gasteiger partial charge on any atom is -0.378 e. The summed E-state index contributed by atoms with van der Waals surface area (Å²) in [4.78, 5) is 19.3. The van der Waals surface area contributed by atoms with E-state index < -0.39 is 0 Å². The number of carbonyl (C=O) groups excluding carboxylic acids is 1.